The van der Waals surface area contributed by atoms with Gasteiger partial charge >= 0.3 is 0 Å². The van der Waals surface area contributed by atoms with Gasteiger partial charge in [0.15, 0.2) is 0 Å². The first kappa shape index (κ1) is 16.7. The molecule has 0 saturated carbocycles. The van der Waals surface area contributed by atoms with Gasteiger partial charge in [-0.05, 0) is 18.1 Å². The van der Waals surface area contributed by atoms with E-state index in [1.165, 1.54) is 16.7 Å². The third-order valence-corrected chi connectivity index (χ3v) is 4.25. The highest BCUT2D eigenvalue weighted by Crippen LogP contribution is 2.24. The molecular weight excluding hydrogens is 310 g/mol. The predicted octanol–water partition coefficient (Wildman–Crippen LogP) is 2.25. The zero-order chi connectivity index (χ0) is 16.3. The fourth-order valence-corrected chi connectivity index (χ4v) is 3.28. The number of benzene rings is 1. The third kappa shape index (κ3) is 3.97. The van der Waals surface area contributed by atoms with Crippen LogP contribution in [-0.4, -0.2) is 40.9 Å². The lowest BCUT2D eigenvalue weighted by atomic mass is 10.1. The summed E-state index contributed by atoms with van der Waals surface area (Å²) in [5.41, 5.74) is -0.0818. The van der Waals surface area contributed by atoms with Crippen LogP contribution in [0, 0.1) is 17.6 Å². The molecule has 1 fully saturated rings. The highest BCUT2D eigenvalue weighted by atomic mass is 32.2. The van der Waals surface area contributed by atoms with Gasteiger partial charge in [0, 0.05) is 23.9 Å². The first-order valence-corrected chi connectivity index (χ1v) is 8.16. The molecule has 1 atom stereocenters. The maximum Gasteiger partial charge on any atom is 0.255 e. The number of halogens is 2. The second-order valence-corrected chi connectivity index (χ2v) is 6.59. The molecule has 2 rings (SSSR count). The SMILES string of the molecule is CC(C)CNC(=O)[C@@H]1CSCN1C(=O)c1cc(F)cc(F)c1. The Morgan fingerprint density at radius 3 is 2.55 bits per heavy atom. The molecule has 0 aliphatic carbocycles. The molecule has 1 aromatic carbocycles. The van der Waals surface area contributed by atoms with Crippen LogP contribution in [0.15, 0.2) is 18.2 Å². The second kappa shape index (κ2) is 7.09. The van der Waals surface area contributed by atoms with Gasteiger partial charge in [-0.15, -0.1) is 11.8 Å². The Labute approximate surface area is 132 Å². The third-order valence-electron chi connectivity index (χ3n) is 3.24. The summed E-state index contributed by atoms with van der Waals surface area (Å²) in [6.07, 6.45) is 0. The molecule has 1 aromatic rings. The van der Waals surface area contributed by atoms with Crippen molar-refractivity contribution in [3.8, 4) is 0 Å². The second-order valence-electron chi connectivity index (χ2n) is 5.59. The largest absolute Gasteiger partial charge is 0.354 e. The molecule has 22 heavy (non-hydrogen) atoms. The maximum absolute atomic E-state index is 13.2. The minimum absolute atomic E-state index is 0.0818. The highest BCUT2D eigenvalue weighted by molar-refractivity contribution is 7.99. The molecule has 120 valence electrons. The number of hydrogen-bond acceptors (Lipinski definition) is 3. The quantitative estimate of drug-likeness (QED) is 0.922. The Kier molecular flexibility index (Phi) is 5.39. The van der Waals surface area contributed by atoms with E-state index in [0.717, 1.165) is 12.1 Å². The van der Waals surface area contributed by atoms with Crippen molar-refractivity contribution in [2.45, 2.75) is 19.9 Å². The predicted molar refractivity (Wildman–Crippen MR) is 81.5 cm³/mol. The Hall–Kier alpha value is -1.63. The maximum atomic E-state index is 13.2. The van der Waals surface area contributed by atoms with E-state index in [0.29, 0.717) is 30.2 Å². The molecule has 1 heterocycles. The van der Waals surface area contributed by atoms with Crippen molar-refractivity contribution in [3.05, 3.63) is 35.4 Å². The van der Waals surface area contributed by atoms with Gasteiger partial charge in [0.25, 0.3) is 5.91 Å². The van der Waals surface area contributed by atoms with Crippen molar-refractivity contribution in [2.24, 2.45) is 5.92 Å². The summed E-state index contributed by atoms with van der Waals surface area (Å²) < 4.78 is 26.5. The van der Waals surface area contributed by atoms with Crippen LogP contribution in [0.1, 0.15) is 24.2 Å². The molecule has 4 nitrogen and oxygen atoms in total. The van der Waals surface area contributed by atoms with E-state index in [-0.39, 0.29) is 11.5 Å². The van der Waals surface area contributed by atoms with E-state index in [1.807, 2.05) is 13.8 Å². The number of rotatable bonds is 4. The van der Waals surface area contributed by atoms with Gasteiger partial charge in [-0.1, -0.05) is 13.8 Å². The molecule has 1 aliphatic rings. The van der Waals surface area contributed by atoms with Gasteiger partial charge in [0.1, 0.15) is 17.7 Å². The van der Waals surface area contributed by atoms with E-state index < -0.39 is 23.6 Å². The molecule has 0 unspecified atom stereocenters. The van der Waals surface area contributed by atoms with Crippen LogP contribution in [0.4, 0.5) is 8.78 Å². The summed E-state index contributed by atoms with van der Waals surface area (Å²) in [5.74, 6) is -1.27. The lowest BCUT2D eigenvalue weighted by molar-refractivity contribution is -0.124. The summed E-state index contributed by atoms with van der Waals surface area (Å²) in [6, 6.07) is 2.07. The van der Waals surface area contributed by atoms with Crippen LogP contribution in [0.3, 0.4) is 0 Å². The summed E-state index contributed by atoms with van der Waals surface area (Å²) >= 11 is 1.44. The minimum atomic E-state index is -0.809. The van der Waals surface area contributed by atoms with Crippen LogP contribution >= 0.6 is 11.8 Å². The van der Waals surface area contributed by atoms with Crippen molar-refractivity contribution < 1.29 is 18.4 Å². The molecular formula is C15H18F2N2O2S. The average Bonchev–Trinajstić information content (AvgIpc) is 2.92. The smallest absolute Gasteiger partial charge is 0.255 e. The van der Waals surface area contributed by atoms with Gasteiger partial charge in [-0.25, -0.2) is 8.78 Å². The van der Waals surface area contributed by atoms with Crippen molar-refractivity contribution in [2.75, 3.05) is 18.2 Å². The number of thioether (sulfide) groups is 1. The van der Waals surface area contributed by atoms with Crippen molar-refractivity contribution in [3.63, 3.8) is 0 Å². The lowest BCUT2D eigenvalue weighted by Crippen LogP contribution is -2.48. The molecule has 7 heteroatoms. The van der Waals surface area contributed by atoms with Crippen LogP contribution in [0.5, 0.6) is 0 Å². The van der Waals surface area contributed by atoms with Crippen LogP contribution < -0.4 is 5.32 Å². The Bertz CT molecular complexity index is 560. The Balaban J connectivity index is 2.12. The van der Waals surface area contributed by atoms with Gasteiger partial charge in [0.2, 0.25) is 5.91 Å². The van der Waals surface area contributed by atoms with E-state index in [4.69, 9.17) is 0 Å². The zero-order valence-corrected chi connectivity index (χ0v) is 13.3. The molecule has 1 saturated heterocycles. The standard InChI is InChI=1S/C15H18F2N2O2S/c1-9(2)6-18-14(20)13-7-22-8-19(13)15(21)10-3-11(16)5-12(17)4-10/h3-5,9,13H,6-8H2,1-2H3,(H,18,20)/t13-/m0/s1. The van der Waals surface area contributed by atoms with Crippen LogP contribution in [0.2, 0.25) is 0 Å². The van der Waals surface area contributed by atoms with Gasteiger partial charge in [0.05, 0.1) is 5.88 Å². The van der Waals surface area contributed by atoms with Crippen LogP contribution in [-0.2, 0) is 4.79 Å². The normalized spacial score (nSPS) is 17.9. The molecule has 0 aromatic heterocycles. The minimum Gasteiger partial charge on any atom is -0.354 e. The Morgan fingerprint density at radius 1 is 1.32 bits per heavy atom. The number of nitrogens with zero attached hydrogens (tertiary/aromatic N) is 1. The highest BCUT2D eigenvalue weighted by Gasteiger charge is 2.35. The molecule has 1 aliphatic heterocycles. The summed E-state index contributed by atoms with van der Waals surface area (Å²) in [5, 5.41) is 2.79. The zero-order valence-electron chi connectivity index (χ0n) is 12.4. The van der Waals surface area contributed by atoms with Crippen molar-refractivity contribution in [1.29, 1.82) is 0 Å². The first-order chi connectivity index (χ1) is 10.4. The number of carbonyl (C=O) groups excluding carboxylic acids is 2. The monoisotopic (exact) mass is 328 g/mol. The van der Waals surface area contributed by atoms with Crippen molar-refractivity contribution in [1.82, 2.24) is 10.2 Å². The topological polar surface area (TPSA) is 49.4 Å². The fourth-order valence-electron chi connectivity index (χ4n) is 2.13. The number of amides is 2. The molecule has 0 radical (unpaired) electrons. The van der Waals surface area contributed by atoms with Crippen molar-refractivity contribution >= 4 is 23.6 Å². The summed E-state index contributed by atoms with van der Waals surface area (Å²) in [4.78, 5) is 25.9. The van der Waals surface area contributed by atoms with E-state index in [1.54, 1.807) is 0 Å². The van der Waals surface area contributed by atoms with Gasteiger partial charge < -0.3 is 10.2 Å². The van der Waals surface area contributed by atoms with E-state index in [9.17, 15) is 18.4 Å². The average molecular weight is 328 g/mol. The summed E-state index contributed by atoms with van der Waals surface area (Å²) in [6.45, 7) is 4.47. The van der Waals surface area contributed by atoms with E-state index >= 15 is 0 Å². The lowest BCUT2D eigenvalue weighted by Gasteiger charge is -2.23. The van der Waals surface area contributed by atoms with Crippen LogP contribution in [0.25, 0.3) is 0 Å². The summed E-state index contributed by atoms with van der Waals surface area (Å²) in [7, 11) is 0. The number of hydrogen-bond donors (Lipinski definition) is 1. The Morgan fingerprint density at radius 2 is 1.95 bits per heavy atom. The molecule has 1 N–H and O–H groups in total. The van der Waals surface area contributed by atoms with Gasteiger partial charge in [-0.2, -0.15) is 0 Å². The molecule has 0 bridgehead atoms. The van der Waals surface area contributed by atoms with E-state index in [2.05, 4.69) is 5.32 Å². The number of nitrogens with one attached hydrogen (secondary N) is 1. The first-order valence-electron chi connectivity index (χ1n) is 7.01. The molecule has 0 spiro atoms. The number of carbonyl (C=O) groups is 2. The van der Waals surface area contributed by atoms with Gasteiger partial charge in [-0.3, -0.25) is 9.59 Å². The fraction of sp³-hybridized carbons (Fsp3) is 0.467. The molecule has 2 amide bonds.